The van der Waals surface area contributed by atoms with Gasteiger partial charge in [-0.05, 0) is 56.5 Å². The van der Waals surface area contributed by atoms with Crippen molar-refractivity contribution in [3.8, 4) is 5.75 Å². The molecule has 2 N–H and O–H groups in total. The Hall–Kier alpha value is -0.480. The lowest BCUT2D eigenvalue weighted by Gasteiger charge is -2.32. The van der Waals surface area contributed by atoms with E-state index in [1.165, 1.54) is 12.8 Å². The Bertz CT molecular complexity index is 426. The van der Waals surface area contributed by atoms with Crippen LogP contribution in [0.2, 0.25) is 10.0 Å². The highest BCUT2D eigenvalue weighted by molar-refractivity contribution is 6.35. The van der Waals surface area contributed by atoms with Crippen molar-refractivity contribution in [2.45, 2.75) is 19.3 Å². The van der Waals surface area contributed by atoms with Gasteiger partial charge in [-0.2, -0.15) is 0 Å². The van der Waals surface area contributed by atoms with Crippen molar-refractivity contribution in [2.75, 3.05) is 32.8 Å². The Kier molecular flexibility index (Phi) is 6.43. The van der Waals surface area contributed by atoms with E-state index in [1.54, 1.807) is 12.1 Å². The number of halogens is 2. The average molecular weight is 317 g/mol. The number of ether oxygens (including phenoxy) is 1. The van der Waals surface area contributed by atoms with Crippen LogP contribution in [0.5, 0.6) is 5.75 Å². The van der Waals surface area contributed by atoms with Crippen LogP contribution >= 0.6 is 23.2 Å². The van der Waals surface area contributed by atoms with Crippen molar-refractivity contribution in [2.24, 2.45) is 11.7 Å². The molecule has 1 saturated heterocycles. The van der Waals surface area contributed by atoms with Crippen LogP contribution in [0.25, 0.3) is 0 Å². The molecule has 1 fully saturated rings. The molecule has 20 heavy (non-hydrogen) atoms. The van der Waals surface area contributed by atoms with Crippen molar-refractivity contribution in [3.63, 3.8) is 0 Å². The van der Waals surface area contributed by atoms with E-state index in [-0.39, 0.29) is 0 Å². The van der Waals surface area contributed by atoms with Crippen molar-refractivity contribution in [3.05, 3.63) is 28.2 Å². The zero-order chi connectivity index (χ0) is 14.4. The van der Waals surface area contributed by atoms with Crippen LogP contribution < -0.4 is 10.5 Å². The van der Waals surface area contributed by atoms with Gasteiger partial charge in [0.2, 0.25) is 0 Å². The number of piperidine rings is 1. The molecule has 0 aromatic heterocycles. The molecule has 0 radical (unpaired) electrons. The van der Waals surface area contributed by atoms with Gasteiger partial charge in [-0.1, -0.05) is 23.2 Å². The first kappa shape index (κ1) is 15.9. The third-order valence-electron chi connectivity index (χ3n) is 3.74. The quantitative estimate of drug-likeness (QED) is 0.873. The van der Waals surface area contributed by atoms with Crippen LogP contribution in [0.1, 0.15) is 19.3 Å². The highest BCUT2D eigenvalue weighted by atomic mass is 35.5. The number of rotatable bonds is 6. The fraction of sp³-hybridized carbons (Fsp3) is 0.600. The first-order valence-corrected chi connectivity index (χ1v) is 7.95. The third-order valence-corrected chi connectivity index (χ3v) is 4.27. The second kappa shape index (κ2) is 8.08. The lowest BCUT2D eigenvalue weighted by molar-refractivity contribution is 0.144. The first-order valence-electron chi connectivity index (χ1n) is 7.19. The minimum atomic E-state index is 0.567. The molecule has 112 valence electrons. The zero-order valence-electron chi connectivity index (χ0n) is 11.7. The summed E-state index contributed by atoms with van der Waals surface area (Å²) >= 11 is 11.9. The number of hydrogen-bond donors (Lipinski definition) is 1. The minimum absolute atomic E-state index is 0.567. The van der Waals surface area contributed by atoms with Gasteiger partial charge in [0.25, 0.3) is 0 Å². The van der Waals surface area contributed by atoms with Crippen LogP contribution in [0.4, 0.5) is 0 Å². The smallest absolute Gasteiger partial charge is 0.138 e. The average Bonchev–Trinajstić information content (AvgIpc) is 2.42. The Morgan fingerprint density at radius 1 is 1.35 bits per heavy atom. The topological polar surface area (TPSA) is 38.5 Å². The van der Waals surface area contributed by atoms with E-state index >= 15 is 0 Å². The molecule has 1 aromatic rings. The Morgan fingerprint density at radius 2 is 2.20 bits per heavy atom. The van der Waals surface area contributed by atoms with Crippen LogP contribution in [-0.4, -0.2) is 37.7 Å². The van der Waals surface area contributed by atoms with E-state index in [0.29, 0.717) is 22.4 Å². The van der Waals surface area contributed by atoms with Gasteiger partial charge in [0, 0.05) is 18.1 Å². The summed E-state index contributed by atoms with van der Waals surface area (Å²) < 4.78 is 5.73. The summed E-state index contributed by atoms with van der Waals surface area (Å²) in [5.74, 6) is 1.44. The molecule has 1 unspecified atom stereocenters. The highest BCUT2D eigenvalue weighted by Crippen LogP contribution is 2.27. The predicted molar refractivity (Wildman–Crippen MR) is 84.8 cm³/mol. The highest BCUT2D eigenvalue weighted by Gasteiger charge is 2.18. The van der Waals surface area contributed by atoms with Gasteiger partial charge in [0.05, 0.1) is 5.02 Å². The second-order valence-corrected chi connectivity index (χ2v) is 6.15. The standard InChI is InChI=1S/C15H22Cl2N2O/c16-13-3-4-15(14(17)10-13)20-9-8-19-7-1-2-12(11-19)5-6-18/h3-4,10,12H,1-2,5-9,11,18H2. The number of nitrogens with zero attached hydrogens (tertiary/aromatic N) is 1. The molecule has 1 heterocycles. The molecule has 1 atom stereocenters. The maximum atomic E-state index is 6.08. The zero-order valence-corrected chi connectivity index (χ0v) is 13.2. The van der Waals surface area contributed by atoms with E-state index in [4.69, 9.17) is 33.7 Å². The molecule has 1 aliphatic rings. The summed E-state index contributed by atoms with van der Waals surface area (Å²) in [6.45, 7) is 4.65. The van der Waals surface area contributed by atoms with E-state index in [0.717, 1.165) is 38.5 Å². The first-order chi connectivity index (χ1) is 9.69. The molecular weight excluding hydrogens is 295 g/mol. The SMILES string of the molecule is NCCC1CCCN(CCOc2ccc(Cl)cc2Cl)C1. The number of benzene rings is 1. The van der Waals surface area contributed by atoms with Crippen LogP contribution in [0.3, 0.4) is 0 Å². The number of nitrogens with two attached hydrogens (primary N) is 1. The Balaban J connectivity index is 1.75. The van der Waals surface area contributed by atoms with Crippen molar-refractivity contribution < 1.29 is 4.74 Å². The summed E-state index contributed by atoms with van der Waals surface area (Å²) in [6, 6.07) is 5.32. The van der Waals surface area contributed by atoms with Gasteiger partial charge in [-0.15, -0.1) is 0 Å². The van der Waals surface area contributed by atoms with Crippen LogP contribution in [0.15, 0.2) is 18.2 Å². The number of hydrogen-bond acceptors (Lipinski definition) is 3. The van der Waals surface area contributed by atoms with Gasteiger partial charge in [-0.25, -0.2) is 0 Å². The normalized spacial score (nSPS) is 20.1. The lowest BCUT2D eigenvalue weighted by Crippen LogP contribution is -2.38. The molecule has 0 bridgehead atoms. The fourth-order valence-electron chi connectivity index (χ4n) is 2.70. The van der Waals surface area contributed by atoms with E-state index < -0.39 is 0 Å². The van der Waals surface area contributed by atoms with Crippen molar-refractivity contribution >= 4 is 23.2 Å². The molecule has 1 aromatic carbocycles. The predicted octanol–water partition coefficient (Wildman–Crippen LogP) is 3.43. The summed E-state index contributed by atoms with van der Waals surface area (Å²) in [5, 5.41) is 1.19. The maximum Gasteiger partial charge on any atom is 0.138 e. The largest absolute Gasteiger partial charge is 0.491 e. The Labute approximate surface area is 131 Å². The summed E-state index contributed by atoms with van der Waals surface area (Å²) in [4.78, 5) is 2.45. The van der Waals surface area contributed by atoms with Crippen molar-refractivity contribution in [1.82, 2.24) is 4.90 Å². The molecule has 2 rings (SSSR count). The number of likely N-dealkylation sites (tertiary alicyclic amines) is 1. The van der Waals surface area contributed by atoms with Gasteiger partial charge in [0.15, 0.2) is 0 Å². The molecule has 0 aliphatic carbocycles. The van der Waals surface area contributed by atoms with Gasteiger partial charge >= 0.3 is 0 Å². The fourth-order valence-corrected chi connectivity index (χ4v) is 3.17. The second-order valence-electron chi connectivity index (χ2n) is 5.31. The molecule has 0 saturated carbocycles. The molecule has 5 heteroatoms. The van der Waals surface area contributed by atoms with Gasteiger partial charge in [-0.3, -0.25) is 4.90 Å². The van der Waals surface area contributed by atoms with E-state index in [1.807, 2.05) is 6.07 Å². The molecule has 0 spiro atoms. The monoisotopic (exact) mass is 316 g/mol. The van der Waals surface area contributed by atoms with Gasteiger partial charge < -0.3 is 10.5 Å². The summed E-state index contributed by atoms with van der Waals surface area (Å²) in [6.07, 6.45) is 3.68. The van der Waals surface area contributed by atoms with E-state index in [2.05, 4.69) is 4.90 Å². The lowest BCUT2D eigenvalue weighted by atomic mass is 9.95. The van der Waals surface area contributed by atoms with Crippen LogP contribution in [0, 0.1) is 5.92 Å². The van der Waals surface area contributed by atoms with Crippen LogP contribution in [-0.2, 0) is 0 Å². The molecule has 1 aliphatic heterocycles. The Morgan fingerprint density at radius 3 is 2.95 bits per heavy atom. The molecular formula is C15H22Cl2N2O. The molecule has 3 nitrogen and oxygen atoms in total. The van der Waals surface area contributed by atoms with Crippen molar-refractivity contribution in [1.29, 1.82) is 0 Å². The maximum absolute atomic E-state index is 6.08. The summed E-state index contributed by atoms with van der Waals surface area (Å²) in [5.41, 5.74) is 5.64. The summed E-state index contributed by atoms with van der Waals surface area (Å²) in [7, 11) is 0. The molecule has 0 amide bonds. The minimum Gasteiger partial charge on any atom is -0.491 e. The van der Waals surface area contributed by atoms with Gasteiger partial charge in [0.1, 0.15) is 12.4 Å². The van der Waals surface area contributed by atoms with E-state index in [9.17, 15) is 0 Å². The third kappa shape index (κ3) is 4.81.